The summed E-state index contributed by atoms with van der Waals surface area (Å²) in [4.78, 5) is 2.44. The molecule has 0 unspecified atom stereocenters. The van der Waals surface area contributed by atoms with Crippen molar-refractivity contribution in [3.63, 3.8) is 0 Å². The first kappa shape index (κ1) is 38.3. The molecular formula is C68H43N. The molecule has 15 aromatic carbocycles. The van der Waals surface area contributed by atoms with E-state index in [0.29, 0.717) is 0 Å². The van der Waals surface area contributed by atoms with E-state index in [0.717, 1.165) is 11.4 Å². The van der Waals surface area contributed by atoms with Crippen LogP contribution in [0.5, 0.6) is 0 Å². The zero-order chi connectivity index (χ0) is 45.5. The molecule has 1 heteroatoms. The maximum absolute atomic E-state index is 2.46. The van der Waals surface area contributed by atoms with E-state index in [9.17, 15) is 0 Å². The number of anilines is 3. The summed E-state index contributed by atoms with van der Waals surface area (Å²) in [5.74, 6) is 0. The molecule has 0 saturated heterocycles. The van der Waals surface area contributed by atoms with Crippen LogP contribution in [0.4, 0.5) is 17.1 Å². The van der Waals surface area contributed by atoms with E-state index in [1.807, 2.05) is 0 Å². The van der Waals surface area contributed by atoms with Crippen molar-refractivity contribution in [2.24, 2.45) is 0 Å². The van der Waals surface area contributed by atoms with E-state index in [-0.39, 0.29) is 0 Å². The van der Waals surface area contributed by atoms with Crippen LogP contribution in [0.2, 0.25) is 0 Å². The van der Waals surface area contributed by atoms with Gasteiger partial charge in [0.1, 0.15) is 0 Å². The van der Waals surface area contributed by atoms with Crippen LogP contribution in [0, 0.1) is 13.8 Å². The molecule has 0 atom stereocenters. The topological polar surface area (TPSA) is 3.24 Å². The van der Waals surface area contributed by atoms with Crippen molar-refractivity contribution < 1.29 is 0 Å². The fourth-order valence-corrected chi connectivity index (χ4v) is 12.5. The third kappa shape index (κ3) is 5.30. The molecule has 0 heterocycles. The Morgan fingerprint density at radius 2 is 0.594 bits per heavy atom. The predicted molar refractivity (Wildman–Crippen MR) is 298 cm³/mol. The monoisotopic (exact) mass is 873 g/mol. The molecule has 69 heavy (non-hydrogen) atoms. The lowest BCUT2D eigenvalue weighted by Gasteiger charge is -2.27. The summed E-state index contributed by atoms with van der Waals surface area (Å²) in [6.07, 6.45) is 0. The second kappa shape index (κ2) is 14.4. The van der Waals surface area contributed by atoms with E-state index in [1.54, 1.807) is 0 Å². The molecule has 15 aromatic rings. The van der Waals surface area contributed by atoms with Crippen LogP contribution in [0.25, 0.3) is 130 Å². The van der Waals surface area contributed by atoms with Gasteiger partial charge in [0.05, 0.1) is 5.69 Å². The highest BCUT2D eigenvalue weighted by Crippen LogP contribution is 2.58. The number of nitrogens with zero attached hydrogens (tertiary/aromatic N) is 1. The number of hydrogen-bond acceptors (Lipinski definition) is 1. The van der Waals surface area contributed by atoms with Gasteiger partial charge in [0.15, 0.2) is 0 Å². The Morgan fingerprint density at radius 1 is 0.232 bits per heavy atom. The van der Waals surface area contributed by atoms with Gasteiger partial charge in [0, 0.05) is 16.8 Å². The molecule has 15 rings (SSSR count). The Labute approximate surface area is 399 Å². The van der Waals surface area contributed by atoms with Crippen molar-refractivity contribution in [3.05, 3.63) is 236 Å². The summed E-state index contributed by atoms with van der Waals surface area (Å²) in [7, 11) is 0. The Morgan fingerprint density at radius 3 is 1.14 bits per heavy atom. The molecule has 0 saturated carbocycles. The molecule has 320 valence electrons. The van der Waals surface area contributed by atoms with Gasteiger partial charge in [-0.3, -0.25) is 0 Å². The lowest BCUT2D eigenvalue weighted by atomic mass is 9.86. The average Bonchev–Trinajstić information content (AvgIpc) is 3.92. The van der Waals surface area contributed by atoms with Crippen molar-refractivity contribution in [3.8, 4) is 33.4 Å². The molecule has 0 aromatic heterocycles. The molecule has 1 nitrogen and oxygen atoms in total. The van der Waals surface area contributed by atoms with Crippen molar-refractivity contribution in [1.29, 1.82) is 0 Å². The van der Waals surface area contributed by atoms with Crippen LogP contribution in [0.3, 0.4) is 0 Å². The largest absolute Gasteiger partial charge is 0.310 e. The molecule has 0 radical (unpaired) electrons. The molecule has 0 amide bonds. The van der Waals surface area contributed by atoms with Crippen molar-refractivity contribution in [2.75, 3.05) is 4.90 Å². The van der Waals surface area contributed by atoms with Crippen molar-refractivity contribution >= 4 is 114 Å². The Kier molecular flexibility index (Phi) is 7.98. The van der Waals surface area contributed by atoms with Gasteiger partial charge in [-0.05, 0) is 169 Å². The van der Waals surface area contributed by atoms with Gasteiger partial charge in [-0.2, -0.15) is 0 Å². The highest BCUT2D eigenvalue weighted by molar-refractivity contribution is 6.49. The van der Waals surface area contributed by atoms with Gasteiger partial charge >= 0.3 is 0 Å². The molecule has 0 aliphatic carbocycles. The number of fused-ring (bicyclic) bond motifs is 8. The van der Waals surface area contributed by atoms with Crippen molar-refractivity contribution in [2.45, 2.75) is 13.8 Å². The Balaban J connectivity index is 1.12. The first-order valence-electron chi connectivity index (χ1n) is 24.2. The lowest BCUT2D eigenvalue weighted by molar-refractivity contribution is 1.28. The van der Waals surface area contributed by atoms with Gasteiger partial charge in [-0.15, -0.1) is 0 Å². The summed E-state index contributed by atoms with van der Waals surface area (Å²) in [6.45, 7) is 4.32. The second-order valence-electron chi connectivity index (χ2n) is 19.2. The minimum absolute atomic E-state index is 1.14. The fourth-order valence-electron chi connectivity index (χ4n) is 12.5. The number of rotatable bonds is 6. The summed E-state index contributed by atoms with van der Waals surface area (Å²) >= 11 is 0. The summed E-state index contributed by atoms with van der Waals surface area (Å²) in [5, 5.41) is 23.6. The summed E-state index contributed by atoms with van der Waals surface area (Å²) < 4.78 is 0. The van der Waals surface area contributed by atoms with Crippen LogP contribution >= 0.6 is 0 Å². The van der Waals surface area contributed by atoms with Gasteiger partial charge < -0.3 is 4.90 Å². The molecule has 0 spiro atoms. The molecular weight excluding hydrogens is 831 g/mol. The van der Waals surface area contributed by atoms with Gasteiger partial charge in [0.2, 0.25) is 0 Å². The first-order valence-corrected chi connectivity index (χ1v) is 24.2. The number of benzene rings is 13. The van der Waals surface area contributed by atoms with Gasteiger partial charge in [0.25, 0.3) is 0 Å². The molecule has 0 aliphatic rings. The third-order valence-corrected chi connectivity index (χ3v) is 15.4. The highest BCUT2D eigenvalue weighted by atomic mass is 15.1. The van der Waals surface area contributed by atoms with E-state index < -0.39 is 0 Å². The molecule has 0 fully saturated rings. The molecule has 0 N–H and O–H groups in total. The molecule has 0 aliphatic heterocycles. The zero-order valence-corrected chi connectivity index (χ0v) is 38.3. The smallest absolute Gasteiger partial charge is 0.0540 e. The van der Waals surface area contributed by atoms with Gasteiger partial charge in [-0.25, -0.2) is 0 Å². The van der Waals surface area contributed by atoms with E-state index in [1.165, 1.54) is 147 Å². The maximum atomic E-state index is 2.46. The van der Waals surface area contributed by atoms with E-state index >= 15 is 0 Å². The minimum Gasteiger partial charge on any atom is -0.310 e. The quantitative estimate of drug-likeness (QED) is 0.119. The van der Waals surface area contributed by atoms with Crippen LogP contribution < -0.4 is 4.90 Å². The van der Waals surface area contributed by atoms with E-state index in [4.69, 9.17) is 0 Å². The second-order valence-corrected chi connectivity index (χ2v) is 19.2. The SMILES string of the molecule is Cc1ccc(N(c2ccc(C)cc2)c2ccc3c4c(-c5ccccc5)c5c6ccc7c8ccc(-c9ccccc9)c9cccc(c%10ccc(c5c(-c5ccccc5)c4c4cccc2c43)c6c%107)c98)cc1. The minimum atomic E-state index is 1.14. The summed E-state index contributed by atoms with van der Waals surface area (Å²) in [5.41, 5.74) is 13.5. The maximum Gasteiger partial charge on any atom is 0.0540 e. The van der Waals surface area contributed by atoms with Gasteiger partial charge in [-0.1, -0.05) is 205 Å². The Bertz CT molecular complexity index is 4300. The van der Waals surface area contributed by atoms with Crippen LogP contribution in [-0.4, -0.2) is 0 Å². The van der Waals surface area contributed by atoms with E-state index in [2.05, 4.69) is 243 Å². The number of aryl methyl sites for hydroxylation is 2. The van der Waals surface area contributed by atoms with Crippen LogP contribution in [0.1, 0.15) is 11.1 Å². The highest BCUT2D eigenvalue weighted by Gasteiger charge is 2.30. The number of hydrogen-bond donors (Lipinski definition) is 0. The fraction of sp³-hybridized carbons (Fsp3) is 0.0294. The molecule has 0 bridgehead atoms. The van der Waals surface area contributed by atoms with Crippen LogP contribution in [0.15, 0.2) is 224 Å². The lowest BCUT2D eigenvalue weighted by Crippen LogP contribution is -2.10. The van der Waals surface area contributed by atoms with Crippen LogP contribution in [-0.2, 0) is 0 Å². The summed E-state index contributed by atoms with van der Waals surface area (Å²) in [6, 6.07) is 84.4. The zero-order valence-electron chi connectivity index (χ0n) is 38.3. The average molecular weight is 874 g/mol. The third-order valence-electron chi connectivity index (χ3n) is 15.4. The van der Waals surface area contributed by atoms with Crippen molar-refractivity contribution in [1.82, 2.24) is 0 Å². The predicted octanol–water partition coefficient (Wildman–Crippen LogP) is 19.5. The normalized spacial score (nSPS) is 12.2. The first-order chi connectivity index (χ1) is 34.1. The standard InChI is InChI=1S/C68H43N/c1-40-24-28-45(29-25-40)69(46-30-26-41(2)27-31-46)58-39-38-55-62-53(58)22-13-23-54(62)65-59(43-16-8-4-9-17-43)67-56-36-34-51-49-21-12-20-48-47(42-14-6-3-7-15-42)32-33-50(61(48)49)52-35-37-57(64(56)63(51)52)68(67)60(66(55)65)44-18-10-5-11-19-44/h3-39H,1-2H3. The Hall–Kier alpha value is -8.78.